The first-order valence-corrected chi connectivity index (χ1v) is 3.29. The summed E-state index contributed by atoms with van der Waals surface area (Å²) >= 11 is 0. The third-order valence-electron chi connectivity index (χ3n) is 1.75. The Bertz CT molecular complexity index is 166. The number of hydrogen-bond donors (Lipinski definition) is 2. The van der Waals surface area contributed by atoms with Gasteiger partial charge < -0.3 is 10.3 Å². The fraction of sp³-hybridized carbons (Fsp3) is 0.833. The molecule has 1 atom stereocenters. The van der Waals surface area contributed by atoms with Crippen LogP contribution in [0.2, 0.25) is 0 Å². The number of hydrogen-bond acceptors (Lipinski definition) is 4. The highest BCUT2D eigenvalue weighted by Gasteiger charge is 2.35. The van der Waals surface area contributed by atoms with E-state index in [1.165, 1.54) is 0 Å². The summed E-state index contributed by atoms with van der Waals surface area (Å²) in [6, 6.07) is 1.66. The third kappa shape index (κ3) is 1.12. The van der Waals surface area contributed by atoms with Crippen LogP contribution in [0.5, 0.6) is 0 Å². The van der Waals surface area contributed by atoms with Crippen molar-refractivity contribution in [2.75, 3.05) is 6.54 Å². The smallest absolute Gasteiger partial charge is 0.229 e. The lowest BCUT2D eigenvalue weighted by molar-refractivity contribution is -0.249. The lowest BCUT2D eigenvalue weighted by Crippen LogP contribution is -2.48. The summed E-state index contributed by atoms with van der Waals surface area (Å²) in [5.41, 5.74) is -1.63. The Balaban J connectivity index is 2.65. The molecule has 1 heterocycles. The molecule has 0 saturated carbocycles. The Hall–Kier alpha value is -0.630. The molecule has 56 valence electrons. The van der Waals surface area contributed by atoms with Crippen LogP contribution in [-0.4, -0.2) is 27.6 Å². The van der Waals surface area contributed by atoms with Crippen molar-refractivity contribution in [2.45, 2.75) is 25.0 Å². The van der Waals surface area contributed by atoms with E-state index >= 15 is 0 Å². The first-order valence-electron chi connectivity index (χ1n) is 3.29. The van der Waals surface area contributed by atoms with Crippen LogP contribution in [0.4, 0.5) is 0 Å². The summed E-state index contributed by atoms with van der Waals surface area (Å²) in [7, 11) is 0. The van der Waals surface area contributed by atoms with Crippen molar-refractivity contribution in [1.29, 1.82) is 5.26 Å². The van der Waals surface area contributed by atoms with Gasteiger partial charge in [0.25, 0.3) is 0 Å². The zero-order chi connectivity index (χ0) is 7.61. The molecule has 0 amide bonds. The van der Waals surface area contributed by atoms with Gasteiger partial charge in [0.15, 0.2) is 0 Å². The van der Waals surface area contributed by atoms with Crippen molar-refractivity contribution in [2.24, 2.45) is 0 Å². The summed E-state index contributed by atoms with van der Waals surface area (Å²) in [5, 5.41) is 27.4. The minimum atomic E-state index is -1.63. The molecule has 0 aromatic rings. The predicted molar refractivity (Wildman–Crippen MR) is 32.9 cm³/mol. The highest BCUT2D eigenvalue weighted by Crippen LogP contribution is 2.22. The molecule has 1 aliphatic rings. The van der Waals surface area contributed by atoms with Crippen molar-refractivity contribution in [3.63, 3.8) is 0 Å². The van der Waals surface area contributed by atoms with E-state index in [4.69, 9.17) is 10.5 Å². The maximum Gasteiger partial charge on any atom is 0.229 e. The average molecular weight is 142 g/mol. The van der Waals surface area contributed by atoms with E-state index in [9.17, 15) is 5.11 Å². The fourth-order valence-electron chi connectivity index (χ4n) is 1.06. The zero-order valence-electron chi connectivity index (χ0n) is 5.62. The third-order valence-corrected chi connectivity index (χ3v) is 1.75. The minimum absolute atomic E-state index is 0.333. The fourth-order valence-corrected chi connectivity index (χ4v) is 1.06. The van der Waals surface area contributed by atoms with Gasteiger partial charge in [0.1, 0.15) is 6.07 Å². The van der Waals surface area contributed by atoms with E-state index in [1.807, 2.05) is 0 Å². The van der Waals surface area contributed by atoms with Crippen LogP contribution >= 0.6 is 0 Å². The molecular formula is C6H10N2O2. The van der Waals surface area contributed by atoms with Gasteiger partial charge in [-0.15, -0.1) is 5.06 Å². The van der Waals surface area contributed by atoms with Crippen LogP contribution in [0.25, 0.3) is 0 Å². The second-order valence-corrected chi connectivity index (χ2v) is 2.51. The second kappa shape index (κ2) is 2.54. The Morgan fingerprint density at radius 2 is 2.20 bits per heavy atom. The molecule has 1 aliphatic heterocycles. The van der Waals surface area contributed by atoms with Crippen LogP contribution in [0, 0.1) is 11.3 Å². The normalized spacial score (nSPS) is 35.3. The molecule has 0 aromatic heterocycles. The molecule has 2 N–H and O–H groups in total. The van der Waals surface area contributed by atoms with E-state index < -0.39 is 5.72 Å². The molecule has 1 rings (SSSR count). The number of piperidine rings is 1. The van der Waals surface area contributed by atoms with Crippen LogP contribution < -0.4 is 0 Å². The van der Waals surface area contributed by atoms with Crippen LogP contribution in [0.15, 0.2) is 0 Å². The first-order chi connectivity index (χ1) is 4.69. The van der Waals surface area contributed by atoms with Gasteiger partial charge in [-0.1, -0.05) is 0 Å². The summed E-state index contributed by atoms with van der Waals surface area (Å²) in [5.74, 6) is 0. The SMILES string of the molecule is N#CC1(O)CCCCN1O. The van der Waals surface area contributed by atoms with E-state index in [2.05, 4.69) is 0 Å². The Kier molecular flexibility index (Phi) is 1.90. The van der Waals surface area contributed by atoms with Gasteiger partial charge in [-0.25, -0.2) is 0 Å². The van der Waals surface area contributed by atoms with Crippen LogP contribution in [0.1, 0.15) is 19.3 Å². The average Bonchev–Trinajstić information content (AvgIpc) is 1.96. The van der Waals surface area contributed by atoms with Gasteiger partial charge in [-0.05, 0) is 12.8 Å². The molecular weight excluding hydrogens is 132 g/mol. The molecule has 0 bridgehead atoms. The Morgan fingerprint density at radius 3 is 2.60 bits per heavy atom. The van der Waals surface area contributed by atoms with Crippen molar-refractivity contribution in [3.05, 3.63) is 0 Å². The molecule has 0 aliphatic carbocycles. The van der Waals surface area contributed by atoms with Crippen LogP contribution in [-0.2, 0) is 0 Å². The van der Waals surface area contributed by atoms with E-state index in [0.717, 1.165) is 12.8 Å². The van der Waals surface area contributed by atoms with Gasteiger partial charge in [0, 0.05) is 13.0 Å². The predicted octanol–water partition coefficient (Wildman–Crippen LogP) is 0.0737. The summed E-state index contributed by atoms with van der Waals surface area (Å²) in [6.07, 6.45) is 1.96. The highest BCUT2D eigenvalue weighted by atomic mass is 16.5. The highest BCUT2D eigenvalue weighted by molar-refractivity contribution is 4.98. The molecule has 10 heavy (non-hydrogen) atoms. The topological polar surface area (TPSA) is 67.5 Å². The van der Waals surface area contributed by atoms with Crippen LogP contribution in [0.3, 0.4) is 0 Å². The number of rotatable bonds is 0. The van der Waals surface area contributed by atoms with E-state index in [0.29, 0.717) is 18.0 Å². The van der Waals surface area contributed by atoms with Crippen molar-refractivity contribution >= 4 is 0 Å². The molecule has 1 unspecified atom stereocenters. The molecule has 4 heteroatoms. The second-order valence-electron chi connectivity index (χ2n) is 2.51. The van der Waals surface area contributed by atoms with Gasteiger partial charge >= 0.3 is 0 Å². The standard InChI is InChI=1S/C6H10N2O2/c7-5-6(9)3-1-2-4-8(6)10/h9-10H,1-4H2. The maximum atomic E-state index is 9.26. The van der Waals surface area contributed by atoms with Crippen molar-refractivity contribution in [3.8, 4) is 6.07 Å². The lowest BCUT2D eigenvalue weighted by atomic mass is 10.0. The van der Waals surface area contributed by atoms with Gasteiger partial charge in [-0.3, -0.25) is 0 Å². The zero-order valence-corrected chi connectivity index (χ0v) is 5.62. The number of aliphatic hydroxyl groups is 1. The summed E-state index contributed by atoms with van der Waals surface area (Å²) in [4.78, 5) is 0. The van der Waals surface area contributed by atoms with E-state index in [-0.39, 0.29) is 0 Å². The lowest BCUT2D eigenvalue weighted by Gasteiger charge is -2.32. The van der Waals surface area contributed by atoms with Gasteiger partial charge in [0.2, 0.25) is 5.72 Å². The molecule has 4 nitrogen and oxygen atoms in total. The van der Waals surface area contributed by atoms with Crippen molar-refractivity contribution in [1.82, 2.24) is 5.06 Å². The Labute approximate surface area is 59.3 Å². The number of nitrogens with zero attached hydrogens (tertiary/aromatic N) is 2. The molecule has 0 spiro atoms. The van der Waals surface area contributed by atoms with Gasteiger partial charge in [-0.2, -0.15) is 5.26 Å². The van der Waals surface area contributed by atoms with E-state index in [1.54, 1.807) is 6.07 Å². The molecule has 0 aromatic carbocycles. The molecule has 1 saturated heterocycles. The summed E-state index contributed by atoms with van der Waals surface area (Å²) in [6.45, 7) is 0.379. The monoisotopic (exact) mass is 142 g/mol. The Morgan fingerprint density at radius 1 is 1.50 bits per heavy atom. The van der Waals surface area contributed by atoms with Gasteiger partial charge in [0.05, 0.1) is 0 Å². The molecule has 0 radical (unpaired) electrons. The quantitative estimate of drug-likeness (QED) is 0.470. The number of nitriles is 1. The number of hydroxylamine groups is 2. The minimum Gasteiger partial charge on any atom is -0.362 e. The van der Waals surface area contributed by atoms with Crippen molar-refractivity contribution < 1.29 is 10.3 Å². The summed E-state index contributed by atoms with van der Waals surface area (Å²) < 4.78 is 0. The first kappa shape index (κ1) is 7.48. The molecule has 1 fully saturated rings. The largest absolute Gasteiger partial charge is 0.362 e. The maximum absolute atomic E-state index is 9.26.